The molecule has 1 aromatic heterocycles. The maximum atomic E-state index is 13.2. The molecule has 0 fully saturated rings. The van der Waals surface area contributed by atoms with E-state index < -0.39 is 11.6 Å². The summed E-state index contributed by atoms with van der Waals surface area (Å²) >= 11 is 3.38. The topological polar surface area (TPSA) is 24.9 Å². The van der Waals surface area contributed by atoms with Gasteiger partial charge in [0.15, 0.2) is 11.6 Å². The number of nitrogens with zero attached hydrogens (tertiary/aromatic N) is 1. The number of likely N-dealkylation sites (N-methyl/N-ethyl adjacent to an activating group) is 1. The summed E-state index contributed by atoms with van der Waals surface area (Å²) in [6.45, 7) is 0. The molecule has 0 amide bonds. The molecule has 0 saturated carbocycles. The van der Waals surface area contributed by atoms with Crippen molar-refractivity contribution in [3.8, 4) is 0 Å². The maximum Gasteiger partial charge on any atom is 0.159 e. The Morgan fingerprint density at radius 2 is 1.85 bits per heavy atom. The van der Waals surface area contributed by atoms with Gasteiger partial charge in [0.2, 0.25) is 0 Å². The molecule has 5 heteroatoms. The average Bonchev–Trinajstić information content (AvgIpc) is 2.42. The van der Waals surface area contributed by atoms with E-state index in [-0.39, 0.29) is 6.04 Å². The Kier molecular flexibility index (Phi) is 5.20. The molecule has 2 aromatic rings. The van der Waals surface area contributed by atoms with Gasteiger partial charge in [-0.1, -0.05) is 6.07 Å². The molecular formula is C15H15BrF2N2. The number of nitrogens with one attached hydrogen (secondary N) is 1. The number of rotatable bonds is 5. The van der Waals surface area contributed by atoms with E-state index in [1.165, 1.54) is 6.07 Å². The van der Waals surface area contributed by atoms with Crippen molar-refractivity contribution in [1.29, 1.82) is 0 Å². The van der Waals surface area contributed by atoms with Crippen LogP contribution in [-0.4, -0.2) is 18.1 Å². The van der Waals surface area contributed by atoms with Crippen LogP contribution < -0.4 is 5.32 Å². The summed E-state index contributed by atoms with van der Waals surface area (Å²) in [5, 5.41) is 3.19. The summed E-state index contributed by atoms with van der Waals surface area (Å²) in [5.74, 6) is -1.62. The second-order valence-electron chi connectivity index (χ2n) is 4.65. The van der Waals surface area contributed by atoms with E-state index in [4.69, 9.17) is 0 Å². The molecule has 0 saturated heterocycles. The van der Waals surface area contributed by atoms with Crippen molar-refractivity contribution < 1.29 is 8.78 Å². The minimum Gasteiger partial charge on any atom is -0.316 e. The molecule has 1 N–H and O–H groups in total. The SMILES string of the molecule is CNC(Cc1cncc(Br)c1)Cc1ccc(F)c(F)c1. The van der Waals surface area contributed by atoms with E-state index in [1.54, 1.807) is 18.5 Å². The van der Waals surface area contributed by atoms with Gasteiger partial charge in [-0.05, 0) is 65.1 Å². The fraction of sp³-hybridized carbons (Fsp3) is 0.267. The van der Waals surface area contributed by atoms with Crippen molar-refractivity contribution in [2.75, 3.05) is 7.05 Å². The Bertz CT molecular complexity index is 590. The Labute approximate surface area is 125 Å². The Morgan fingerprint density at radius 3 is 2.50 bits per heavy atom. The van der Waals surface area contributed by atoms with Gasteiger partial charge in [0.25, 0.3) is 0 Å². The molecule has 0 radical (unpaired) electrons. The highest BCUT2D eigenvalue weighted by atomic mass is 79.9. The molecule has 1 unspecified atom stereocenters. The molecule has 2 rings (SSSR count). The molecule has 2 nitrogen and oxygen atoms in total. The first-order chi connectivity index (χ1) is 9.58. The molecule has 20 heavy (non-hydrogen) atoms. The van der Waals surface area contributed by atoms with Crippen molar-refractivity contribution in [3.63, 3.8) is 0 Å². The first-order valence-corrected chi connectivity index (χ1v) is 7.08. The van der Waals surface area contributed by atoms with E-state index in [0.29, 0.717) is 6.42 Å². The first kappa shape index (κ1) is 15.1. The lowest BCUT2D eigenvalue weighted by molar-refractivity contribution is 0.503. The average molecular weight is 341 g/mol. The Morgan fingerprint density at radius 1 is 1.10 bits per heavy atom. The highest BCUT2D eigenvalue weighted by molar-refractivity contribution is 9.10. The molecule has 0 aliphatic carbocycles. The van der Waals surface area contributed by atoms with E-state index in [1.807, 2.05) is 13.1 Å². The van der Waals surface area contributed by atoms with Gasteiger partial charge in [-0.3, -0.25) is 4.98 Å². The number of aromatic nitrogens is 1. The van der Waals surface area contributed by atoms with Gasteiger partial charge in [0, 0.05) is 22.9 Å². The normalized spacial score (nSPS) is 12.4. The number of halogens is 3. The lowest BCUT2D eigenvalue weighted by Gasteiger charge is -2.16. The number of pyridine rings is 1. The van der Waals surface area contributed by atoms with Crippen molar-refractivity contribution in [1.82, 2.24) is 10.3 Å². The third-order valence-corrected chi connectivity index (χ3v) is 3.55. The van der Waals surface area contributed by atoms with E-state index >= 15 is 0 Å². The van der Waals surface area contributed by atoms with Gasteiger partial charge in [-0.15, -0.1) is 0 Å². The predicted octanol–water partition coefficient (Wildman–Crippen LogP) is 3.50. The third kappa shape index (κ3) is 4.08. The van der Waals surface area contributed by atoms with Gasteiger partial charge < -0.3 is 5.32 Å². The van der Waals surface area contributed by atoms with Crippen molar-refractivity contribution in [2.24, 2.45) is 0 Å². The van der Waals surface area contributed by atoms with Gasteiger partial charge in [0.05, 0.1) is 0 Å². The summed E-state index contributed by atoms with van der Waals surface area (Å²) in [5.41, 5.74) is 1.85. The van der Waals surface area contributed by atoms with Crippen molar-refractivity contribution in [2.45, 2.75) is 18.9 Å². The van der Waals surface area contributed by atoms with Gasteiger partial charge in [-0.25, -0.2) is 8.78 Å². The molecule has 0 spiro atoms. The monoisotopic (exact) mass is 340 g/mol. The summed E-state index contributed by atoms with van der Waals surface area (Å²) in [7, 11) is 1.86. The molecule has 1 heterocycles. The number of hydrogen-bond donors (Lipinski definition) is 1. The summed E-state index contributed by atoms with van der Waals surface area (Å²) in [6.07, 6.45) is 4.93. The van der Waals surface area contributed by atoms with Crippen LogP contribution in [0.2, 0.25) is 0 Å². The summed E-state index contributed by atoms with van der Waals surface area (Å²) in [4.78, 5) is 4.12. The smallest absolute Gasteiger partial charge is 0.159 e. The van der Waals surface area contributed by atoms with Gasteiger partial charge >= 0.3 is 0 Å². The Hall–Kier alpha value is -1.33. The van der Waals surface area contributed by atoms with Crippen LogP contribution in [0.1, 0.15) is 11.1 Å². The molecule has 0 aliphatic rings. The van der Waals surface area contributed by atoms with Gasteiger partial charge in [0.1, 0.15) is 0 Å². The highest BCUT2D eigenvalue weighted by Crippen LogP contribution is 2.15. The van der Waals surface area contributed by atoms with Crippen LogP contribution in [0, 0.1) is 11.6 Å². The summed E-state index contributed by atoms with van der Waals surface area (Å²) < 4.78 is 27.0. The molecule has 106 valence electrons. The van der Waals surface area contributed by atoms with Crippen LogP contribution in [-0.2, 0) is 12.8 Å². The fourth-order valence-electron chi connectivity index (χ4n) is 2.08. The second kappa shape index (κ2) is 6.90. The minimum atomic E-state index is -0.814. The van der Waals surface area contributed by atoms with E-state index in [9.17, 15) is 8.78 Å². The van der Waals surface area contributed by atoms with Crippen molar-refractivity contribution >= 4 is 15.9 Å². The fourth-order valence-corrected chi connectivity index (χ4v) is 2.49. The Balaban J connectivity index is 2.07. The predicted molar refractivity (Wildman–Crippen MR) is 78.6 cm³/mol. The lowest BCUT2D eigenvalue weighted by atomic mass is 10.00. The molecule has 1 atom stereocenters. The zero-order valence-electron chi connectivity index (χ0n) is 11.0. The lowest BCUT2D eigenvalue weighted by Crippen LogP contribution is -2.30. The van der Waals surface area contributed by atoms with Crippen LogP contribution >= 0.6 is 15.9 Å². The first-order valence-electron chi connectivity index (χ1n) is 6.29. The van der Waals surface area contributed by atoms with Crippen LogP contribution in [0.3, 0.4) is 0 Å². The molecule has 0 aliphatic heterocycles. The molecule has 0 bridgehead atoms. The number of benzene rings is 1. The van der Waals surface area contributed by atoms with Gasteiger partial charge in [-0.2, -0.15) is 0 Å². The largest absolute Gasteiger partial charge is 0.316 e. The van der Waals surface area contributed by atoms with Crippen LogP contribution in [0.25, 0.3) is 0 Å². The number of hydrogen-bond acceptors (Lipinski definition) is 2. The summed E-state index contributed by atoms with van der Waals surface area (Å²) in [6, 6.07) is 6.16. The second-order valence-corrected chi connectivity index (χ2v) is 5.57. The van der Waals surface area contributed by atoms with Crippen LogP contribution in [0.5, 0.6) is 0 Å². The third-order valence-electron chi connectivity index (χ3n) is 3.12. The zero-order valence-corrected chi connectivity index (χ0v) is 12.6. The van der Waals surface area contributed by atoms with E-state index in [0.717, 1.165) is 28.1 Å². The zero-order chi connectivity index (χ0) is 14.5. The maximum absolute atomic E-state index is 13.2. The van der Waals surface area contributed by atoms with E-state index in [2.05, 4.69) is 26.2 Å². The van der Waals surface area contributed by atoms with Crippen LogP contribution in [0.4, 0.5) is 8.78 Å². The minimum absolute atomic E-state index is 0.135. The van der Waals surface area contributed by atoms with Crippen LogP contribution in [0.15, 0.2) is 41.1 Å². The molecule has 1 aromatic carbocycles. The standard InChI is InChI=1S/C15H15BrF2N2/c1-19-13(6-11-4-12(16)9-20-8-11)5-10-2-3-14(17)15(18)7-10/h2-4,7-9,13,19H,5-6H2,1H3. The highest BCUT2D eigenvalue weighted by Gasteiger charge is 2.11. The van der Waals surface area contributed by atoms with Crippen molar-refractivity contribution in [3.05, 3.63) is 63.9 Å². The molecular weight excluding hydrogens is 326 g/mol. The quantitative estimate of drug-likeness (QED) is 0.901.